The maximum atomic E-state index is 10.5. The first-order valence-electron chi connectivity index (χ1n) is 8.64. The molecule has 0 bridgehead atoms. The van der Waals surface area contributed by atoms with Gasteiger partial charge in [0.1, 0.15) is 13.4 Å². The number of benzene rings is 2. The van der Waals surface area contributed by atoms with Crippen LogP contribution in [0.5, 0.6) is 0 Å². The minimum atomic E-state index is -0.929. The maximum absolute atomic E-state index is 10.5. The summed E-state index contributed by atoms with van der Waals surface area (Å²) in [4.78, 5) is 18.9. The molecule has 0 saturated carbocycles. The average molecular weight is 400 g/mol. The van der Waals surface area contributed by atoms with Crippen LogP contribution >= 0.6 is 0 Å². The van der Waals surface area contributed by atoms with Crippen LogP contribution < -0.4 is 16.8 Å². The molecule has 0 amide bonds. The van der Waals surface area contributed by atoms with E-state index in [1.54, 1.807) is 18.3 Å². The SMILES string of the molecule is CO/N=C/c1cccc2c1B(O)OC2.CON.O=Cc1cccc2c1B(O)OC2. The molecular weight excluding hydrogens is 378 g/mol. The van der Waals surface area contributed by atoms with Gasteiger partial charge in [-0.05, 0) is 27.6 Å². The Kier molecular flexibility index (Phi) is 9.00. The number of oxime groups is 1. The number of carbonyl (C=O) groups excluding carboxylic acids is 1. The van der Waals surface area contributed by atoms with Crippen molar-refractivity contribution in [2.75, 3.05) is 14.2 Å². The van der Waals surface area contributed by atoms with Gasteiger partial charge < -0.3 is 29.0 Å². The second-order valence-electron chi connectivity index (χ2n) is 5.94. The zero-order chi connectivity index (χ0) is 21.2. The number of nitrogens with two attached hydrogens (primary N) is 1. The molecule has 29 heavy (non-hydrogen) atoms. The van der Waals surface area contributed by atoms with Crippen LogP contribution in [0.25, 0.3) is 0 Å². The lowest BCUT2D eigenvalue weighted by molar-refractivity contribution is 0.112. The second kappa shape index (κ2) is 11.5. The van der Waals surface area contributed by atoms with E-state index >= 15 is 0 Å². The van der Waals surface area contributed by atoms with Gasteiger partial charge in [0, 0.05) is 5.56 Å². The van der Waals surface area contributed by atoms with E-state index in [-0.39, 0.29) is 0 Å². The van der Waals surface area contributed by atoms with Crippen LogP contribution in [-0.2, 0) is 32.2 Å². The fourth-order valence-electron chi connectivity index (χ4n) is 2.95. The smallest absolute Gasteiger partial charge is 0.423 e. The van der Waals surface area contributed by atoms with Gasteiger partial charge >= 0.3 is 14.2 Å². The highest BCUT2D eigenvalue weighted by molar-refractivity contribution is 6.63. The first-order valence-corrected chi connectivity index (χ1v) is 8.64. The van der Waals surface area contributed by atoms with E-state index < -0.39 is 14.2 Å². The summed E-state index contributed by atoms with van der Waals surface area (Å²) in [6.45, 7) is 0.837. The summed E-state index contributed by atoms with van der Waals surface area (Å²) < 4.78 is 10.1. The molecule has 0 fully saturated rings. The Morgan fingerprint density at radius 3 is 1.97 bits per heavy atom. The number of nitrogens with zero attached hydrogens (tertiary/aromatic N) is 1. The zero-order valence-electron chi connectivity index (χ0n) is 16.1. The monoisotopic (exact) mass is 400 g/mol. The van der Waals surface area contributed by atoms with Gasteiger partial charge in [0.2, 0.25) is 0 Å². The molecule has 0 atom stereocenters. The Hall–Kier alpha value is -2.53. The predicted molar refractivity (Wildman–Crippen MR) is 109 cm³/mol. The number of fused-ring (bicyclic) bond motifs is 2. The van der Waals surface area contributed by atoms with Crippen molar-refractivity contribution in [3.8, 4) is 0 Å². The first kappa shape index (κ1) is 22.8. The number of carbonyl (C=O) groups is 1. The Balaban J connectivity index is 0.000000184. The number of aldehydes is 1. The molecule has 4 rings (SSSR count). The highest BCUT2D eigenvalue weighted by Gasteiger charge is 2.30. The van der Waals surface area contributed by atoms with Crippen molar-refractivity contribution >= 4 is 37.7 Å². The molecule has 0 radical (unpaired) electrons. The zero-order valence-corrected chi connectivity index (χ0v) is 16.1. The van der Waals surface area contributed by atoms with Gasteiger partial charge in [0.05, 0.1) is 26.5 Å². The Bertz CT molecular complexity index is 851. The third-order valence-electron chi connectivity index (χ3n) is 4.17. The van der Waals surface area contributed by atoms with Crippen LogP contribution in [0.15, 0.2) is 41.6 Å². The molecule has 2 aliphatic rings. The minimum absolute atomic E-state index is 0.387. The van der Waals surface area contributed by atoms with Crippen molar-refractivity contribution in [1.82, 2.24) is 0 Å². The summed E-state index contributed by atoms with van der Waals surface area (Å²) in [7, 11) is 1.11. The Morgan fingerprint density at radius 2 is 1.48 bits per heavy atom. The third-order valence-corrected chi connectivity index (χ3v) is 4.17. The summed E-state index contributed by atoms with van der Waals surface area (Å²) in [5, 5.41) is 22.5. The van der Waals surface area contributed by atoms with E-state index in [1.165, 1.54) is 14.2 Å². The molecule has 0 spiro atoms. The largest absolute Gasteiger partial charge is 0.492 e. The molecule has 0 unspecified atom stereocenters. The van der Waals surface area contributed by atoms with Gasteiger partial charge in [0.15, 0.2) is 0 Å². The summed E-state index contributed by atoms with van der Waals surface area (Å²) >= 11 is 0. The lowest BCUT2D eigenvalue weighted by Gasteiger charge is -2.02. The number of hydrogen-bond donors (Lipinski definition) is 3. The summed E-state index contributed by atoms with van der Waals surface area (Å²) in [6.07, 6.45) is 2.30. The lowest BCUT2D eigenvalue weighted by atomic mass is 9.76. The van der Waals surface area contributed by atoms with Crippen LogP contribution in [0.1, 0.15) is 27.0 Å². The fraction of sp³-hybridized carbons (Fsp3) is 0.222. The normalized spacial score (nSPS) is 13.8. The van der Waals surface area contributed by atoms with E-state index in [0.717, 1.165) is 28.4 Å². The molecule has 2 aromatic rings. The molecule has 4 N–H and O–H groups in total. The average Bonchev–Trinajstić information content (AvgIpc) is 3.31. The third kappa shape index (κ3) is 5.73. The van der Waals surface area contributed by atoms with Gasteiger partial charge in [-0.1, -0.05) is 41.6 Å². The van der Waals surface area contributed by atoms with Crippen LogP contribution in [0.3, 0.4) is 0 Å². The van der Waals surface area contributed by atoms with Crippen molar-refractivity contribution in [2.24, 2.45) is 11.1 Å². The van der Waals surface area contributed by atoms with E-state index in [0.29, 0.717) is 24.2 Å². The van der Waals surface area contributed by atoms with Gasteiger partial charge in [-0.25, -0.2) is 5.90 Å². The van der Waals surface area contributed by atoms with Crippen molar-refractivity contribution in [1.29, 1.82) is 0 Å². The van der Waals surface area contributed by atoms with Crippen molar-refractivity contribution < 1.29 is 33.8 Å². The van der Waals surface area contributed by atoms with Crippen LogP contribution in [0.2, 0.25) is 0 Å². The molecular formula is C18H22B2N2O7. The molecule has 2 aromatic carbocycles. The number of rotatable bonds is 3. The standard InChI is InChI=1S/C9H10BNO3.C8H7BO3.CH5NO/c1-13-11-5-7-3-2-4-8-6-14-10(12)9(7)8;10-4-6-2-1-3-7-5-12-9(11)8(6)7;1-3-2/h2-5,12H,6H2,1H3;1-4,11H,5H2;2H2,1H3/b11-5+;;. The molecule has 0 aliphatic carbocycles. The summed E-state index contributed by atoms with van der Waals surface area (Å²) in [6, 6.07) is 11.0. The maximum Gasteiger partial charge on any atom is 0.492 e. The van der Waals surface area contributed by atoms with Gasteiger partial charge in [-0.2, -0.15) is 0 Å². The van der Waals surface area contributed by atoms with Crippen molar-refractivity contribution in [3.05, 3.63) is 58.7 Å². The topological polar surface area (TPSA) is 133 Å². The van der Waals surface area contributed by atoms with Crippen LogP contribution in [0, 0.1) is 0 Å². The summed E-state index contributed by atoms with van der Waals surface area (Å²) in [5.74, 6) is 4.35. The van der Waals surface area contributed by atoms with Crippen LogP contribution in [0.4, 0.5) is 0 Å². The molecule has 9 nitrogen and oxygen atoms in total. The van der Waals surface area contributed by atoms with E-state index in [2.05, 4.69) is 20.7 Å². The lowest BCUT2D eigenvalue weighted by Crippen LogP contribution is -2.31. The van der Waals surface area contributed by atoms with Gasteiger partial charge in [0.25, 0.3) is 0 Å². The van der Waals surface area contributed by atoms with E-state index in [9.17, 15) is 14.8 Å². The van der Waals surface area contributed by atoms with Crippen LogP contribution in [-0.4, -0.2) is 51.0 Å². The Morgan fingerprint density at radius 1 is 1.00 bits per heavy atom. The predicted octanol–water partition coefficient (Wildman–Crippen LogP) is -0.892. The van der Waals surface area contributed by atoms with Gasteiger partial charge in [-0.3, -0.25) is 4.79 Å². The van der Waals surface area contributed by atoms with Crippen molar-refractivity contribution in [2.45, 2.75) is 13.2 Å². The van der Waals surface area contributed by atoms with Gasteiger partial charge in [-0.15, -0.1) is 0 Å². The first-order chi connectivity index (χ1) is 14.1. The number of hydrogen-bond acceptors (Lipinski definition) is 9. The Labute approximate surface area is 169 Å². The fourth-order valence-corrected chi connectivity index (χ4v) is 2.95. The molecule has 0 saturated heterocycles. The molecule has 2 aliphatic heterocycles. The molecule has 0 aromatic heterocycles. The van der Waals surface area contributed by atoms with E-state index in [4.69, 9.17) is 9.31 Å². The highest BCUT2D eigenvalue weighted by Crippen LogP contribution is 2.12. The van der Waals surface area contributed by atoms with Crippen molar-refractivity contribution in [3.63, 3.8) is 0 Å². The minimum Gasteiger partial charge on any atom is -0.423 e. The molecule has 152 valence electrons. The summed E-state index contributed by atoms with van der Waals surface area (Å²) in [5.41, 5.74) is 4.64. The molecule has 2 heterocycles. The van der Waals surface area contributed by atoms with E-state index in [1.807, 2.05) is 24.3 Å². The molecule has 11 heteroatoms. The highest BCUT2D eigenvalue weighted by atomic mass is 16.6. The second-order valence-corrected chi connectivity index (χ2v) is 5.94. The quantitative estimate of drug-likeness (QED) is 0.262.